The molecule has 106 valence electrons. The Bertz CT molecular complexity index is 392. The van der Waals surface area contributed by atoms with Gasteiger partial charge in [-0.1, -0.05) is 19.3 Å². The SMILES string of the molecule is Fc1ccc(F)c(SCCNCC2CCCCC2)c1. The third-order valence-corrected chi connectivity index (χ3v) is 4.62. The minimum Gasteiger partial charge on any atom is -0.316 e. The summed E-state index contributed by atoms with van der Waals surface area (Å²) in [5.74, 6) is 0.870. The molecule has 19 heavy (non-hydrogen) atoms. The van der Waals surface area contributed by atoms with E-state index in [1.54, 1.807) is 0 Å². The van der Waals surface area contributed by atoms with E-state index in [-0.39, 0.29) is 11.6 Å². The van der Waals surface area contributed by atoms with Crippen LogP contribution in [0.25, 0.3) is 0 Å². The minimum absolute atomic E-state index is 0.335. The van der Waals surface area contributed by atoms with Gasteiger partial charge < -0.3 is 5.32 Å². The van der Waals surface area contributed by atoms with Crippen LogP contribution in [-0.2, 0) is 0 Å². The van der Waals surface area contributed by atoms with Crippen LogP contribution in [0.1, 0.15) is 32.1 Å². The summed E-state index contributed by atoms with van der Waals surface area (Å²) in [7, 11) is 0. The zero-order chi connectivity index (χ0) is 13.5. The highest BCUT2D eigenvalue weighted by Crippen LogP contribution is 2.23. The van der Waals surface area contributed by atoms with E-state index in [1.807, 2.05) is 0 Å². The number of nitrogens with one attached hydrogen (secondary N) is 1. The molecule has 1 N–H and O–H groups in total. The van der Waals surface area contributed by atoms with Crippen LogP contribution in [0.15, 0.2) is 23.1 Å². The van der Waals surface area contributed by atoms with Crippen LogP contribution >= 0.6 is 11.8 Å². The van der Waals surface area contributed by atoms with Crippen molar-refractivity contribution >= 4 is 11.8 Å². The molecule has 4 heteroatoms. The van der Waals surface area contributed by atoms with Crippen LogP contribution in [0.2, 0.25) is 0 Å². The Morgan fingerprint density at radius 1 is 1.16 bits per heavy atom. The Morgan fingerprint density at radius 3 is 2.74 bits per heavy atom. The summed E-state index contributed by atoms with van der Waals surface area (Å²) in [4.78, 5) is 0.402. The van der Waals surface area contributed by atoms with Crippen LogP contribution < -0.4 is 5.32 Å². The predicted molar refractivity (Wildman–Crippen MR) is 76.5 cm³/mol. The first-order chi connectivity index (χ1) is 9.25. The average Bonchev–Trinajstić information content (AvgIpc) is 2.43. The largest absolute Gasteiger partial charge is 0.316 e. The molecule has 0 radical (unpaired) electrons. The number of thioether (sulfide) groups is 1. The summed E-state index contributed by atoms with van der Waals surface area (Å²) in [5.41, 5.74) is 0. The van der Waals surface area contributed by atoms with Crippen LogP contribution in [0.5, 0.6) is 0 Å². The van der Waals surface area contributed by atoms with Gasteiger partial charge in [-0.15, -0.1) is 11.8 Å². The molecule has 0 bridgehead atoms. The highest BCUT2D eigenvalue weighted by atomic mass is 32.2. The first kappa shape index (κ1) is 14.8. The Morgan fingerprint density at radius 2 is 1.95 bits per heavy atom. The molecule has 0 amide bonds. The number of rotatable bonds is 6. The molecule has 0 saturated heterocycles. The number of hydrogen-bond donors (Lipinski definition) is 1. The zero-order valence-electron chi connectivity index (χ0n) is 11.1. The van der Waals surface area contributed by atoms with Crippen molar-refractivity contribution in [1.82, 2.24) is 5.32 Å². The van der Waals surface area contributed by atoms with Gasteiger partial charge in [0.05, 0.1) is 0 Å². The lowest BCUT2D eigenvalue weighted by molar-refractivity contribution is 0.345. The maximum atomic E-state index is 13.4. The highest BCUT2D eigenvalue weighted by molar-refractivity contribution is 7.99. The van der Waals surface area contributed by atoms with E-state index in [1.165, 1.54) is 56.0 Å². The minimum atomic E-state index is -0.376. The standard InChI is InChI=1S/C15H21F2NS/c16-13-6-7-14(17)15(10-13)19-9-8-18-11-12-4-2-1-3-5-12/h6-7,10,12,18H,1-5,8-9,11H2. The van der Waals surface area contributed by atoms with Gasteiger partial charge in [0.1, 0.15) is 11.6 Å². The molecule has 0 heterocycles. The number of hydrogen-bond acceptors (Lipinski definition) is 2. The molecule has 0 aliphatic heterocycles. The fourth-order valence-electron chi connectivity index (χ4n) is 2.52. The van der Waals surface area contributed by atoms with Gasteiger partial charge in [-0.25, -0.2) is 8.78 Å². The predicted octanol–water partition coefficient (Wildman–Crippen LogP) is 4.23. The van der Waals surface area contributed by atoms with Crippen LogP contribution in [0.3, 0.4) is 0 Å². The third-order valence-electron chi connectivity index (χ3n) is 3.59. The lowest BCUT2D eigenvalue weighted by atomic mass is 9.89. The monoisotopic (exact) mass is 285 g/mol. The van der Waals surface area contributed by atoms with Gasteiger partial charge in [0, 0.05) is 17.2 Å². The smallest absolute Gasteiger partial charge is 0.136 e. The van der Waals surface area contributed by atoms with E-state index in [9.17, 15) is 8.78 Å². The van der Waals surface area contributed by atoms with Crippen molar-refractivity contribution in [3.8, 4) is 0 Å². The summed E-state index contributed by atoms with van der Waals surface area (Å²) < 4.78 is 26.3. The van der Waals surface area contributed by atoms with E-state index >= 15 is 0 Å². The fraction of sp³-hybridized carbons (Fsp3) is 0.600. The Labute approximate surface area is 118 Å². The molecule has 0 spiro atoms. The van der Waals surface area contributed by atoms with Gasteiger partial charge >= 0.3 is 0 Å². The average molecular weight is 285 g/mol. The van der Waals surface area contributed by atoms with Crippen molar-refractivity contribution in [2.45, 2.75) is 37.0 Å². The van der Waals surface area contributed by atoms with Gasteiger partial charge in [-0.3, -0.25) is 0 Å². The highest BCUT2D eigenvalue weighted by Gasteiger charge is 2.12. The van der Waals surface area contributed by atoms with Crippen molar-refractivity contribution in [1.29, 1.82) is 0 Å². The van der Waals surface area contributed by atoms with Gasteiger partial charge in [0.2, 0.25) is 0 Å². The molecule has 1 aromatic carbocycles. The molecular weight excluding hydrogens is 264 g/mol. The van der Waals surface area contributed by atoms with E-state index in [0.717, 1.165) is 30.8 Å². The third kappa shape index (κ3) is 5.11. The molecular formula is C15H21F2NS. The summed E-state index contributed by atoms with van der Waals surface area (Å²) in [6.45, 7) is 1.91. The van der Waals surface area contributed by atoms with Crippen LogP contribution in [-0.4, -0.2) is 18.8 Å². The normalized spacial score (nSPS) is 16.7. The van der Waals surface area contributed by atoms with Gasteiger partial charge in [0.15, 0.2) is 0 Å². The van der Waals surface area contributed by atoms with E-state index in [4.69, 9.17) is 0 Å². The van der Waals surface area contributed by atoms with Crippen molar-refractivity contribution in [2.24, 2.45) is 5.92 Å². The van der Waals surface area contributed by atoms with Crippen molar-refractivity contribution in [2.75, 3.05) is 18.8 Å². The molecule has 0 aromatic heterocycles. The quantitative estimate of drug-likeness (QED) is 0.620. The Balaban J connectivity index is 1.62. The molecule has 1 saturated carbocycles. The molecule has 1 fully saturated rings. The summed E-state index contributed by atoms with van der Waals surface area (Å²) in [6, 6.07) is 3.61. The summed E-state index contributed by atoms with van der Waals surface area (Å²) in [5, 5.41) is 3.42. The Kier molecular flexibility index (Phi) is 6.11. The fourth-order valence-corrected chi connectivity index (χ4v) is 3.39. The second-order valence-electron chi connectivity index (χ2n) is 5.13. The van der Waals surface area contributed by atoms with Crippen molar-refractivity contribution < 1.29 is 8.78 Å². The lowest BCUT2D eigenvalue weighted by Gasteiger charge is -2.21. The van der Waals surface area contributed by atoms with Crippen LogP contribution in [0, 0.1) is 17.6 Å². The van der Waals surface area contributed by atoms with E-state index in [2.05, 4.69) is 5.32 Å². The molecule has 0 atom stereocenters. The lowest BCUT2D eigenvalue weighted by Crippen LogP contribution is -2.26. The van der Waals surface area contributed by atoms with Crippen molar-refractivity contribution in [3.05, 3.63) is 29.8 Å². The first-order valence-corrected chi connectivity index (χ1v) is 8.03. The van der Waals surface area contributed by atoms with Gasteiger partial charge in [-0.2, -0.15) is 0 Å². The molecule has 1 aliphatic rings. The van der Waals surface area contributed by atoms with Gasteiger partial charge in [-0.05, 0) is 43.5 Å². The molecule has 0 unspecified atom stereocenters. The Hall–Kier alpha value is -0.610. The first-order valence-electron chi connectivity index (χ1n) is 7.04. The van der Waals surface area contributed by atoms with Gasteiger partial charge in [0.25, 0.3) is 0 Å². The van der Waals surface area contributed by atoms with E-state index < -0.39 is 0 Å². The topological polar surface area (TPSA) is 12.0 Å². The maximum absolute atomic E-state index is 13.4. The van der Waals surface area contributed by atoms with Crippen molar-refractivity contribution in [3.63, 3.8) is 0 Å². The number of halogens is 2. The maximum Gasteiger partial charge on any atom is 0.136 e. The molecule has 2 rings (SSSR count). The second kappa shape index (κ2) is 7.85. The zero-order valence-corrected chi connectivity index (χ0v) is 11.9. The number of benzene rings is 1. The molecule has 1 aromatic rings. The second-order valence-corrected chi connectivity index (χ2v) is 6.27. The summed E-state index contributed by atoms with van der Waals surface area (Å²) in [6.07, 6.45) is 6.76. The molecule has 1 nitrogen and oxygen atoms in total. The molecule has 1 aliphatic carbocycles. The van der Waals surface area contributed by atoms with Crippen LogP contribution in [0.4, 0.5) is 8.78 Å². The van der Waals surface area contributed by atoms with E-state index in [0.29, 0.717) is 4.90 Å². The summed E-state index contributed by atoms with van der Waals surface area (Å²) >= 11 is 1.37.